The van der Waals surface area contributed by atoms with E-state index in [1.54, 1.807) is 19.2 Å². The van der Waals surface area contributed by atoms with Crippen LogP contribution in [0, 0.1) is 20.8 Å². The number of aryl methyl sites for hydroxylation is 3. The van der Waals surface area contributed by atoms with Crippen molar-refractivity contribution < 1.29 is 13.7 Å². The van der Waals surface area contributed by atoms with Crippen LogP contribution < -0.4 is 5.32 Å². The Labute approximate surface area is 199 Å². The first-order valence-corrected chi connectivity index (χ1v) is 11.0. The number of amides is 1. The van der Waals surface area contributed by atoms with E-state index < -0.39 is 0 Å². The zero-order chi connectivity index (χ0) is 24.1. The summed E-state index contributed by atoms with van der Waals surface area (Å²) in [7, 11) is 0. The number of fused-ring (bicyclic) bond motifs is 2. The monoisotopic (exact) mass is 464 g/mol. The van der Waals surface area contributed by atoms with Gasteiger partial charge in [0.25, 0.3) is 11.6 Å². The second-order valence-corrected chi connectivity index (χ2v) is 8.31. The van der Waals surface area contributed by atoms with Gasteiger partial charge in [0.15, 0.2) is 0 Å². The van der Waals surface area contributed by atoms with Crippen molar-refractivity contribution >= 4 is 28.5 Å². The number of benzene rings is 1. The minimum Gasteiger partial charge on any atom is -0.466 e. The molecule has 35 heavy (non-hydrogen) atoms. The van der Waals surface area contributed by atoms with Crippen molar-refractivity contribution in [2.24, 2.45) is 0 Å². The number of furan rings is 1. The molecule has 0 unspecified atom stereocenters. The van der Waals surface area contributed by atoms with Gasteiger partial charge in [0.05, 0.1) is 28.0 Å². The number of nitrogens with one attached hydrogen (secondary N) is 1. The first kappa shape index (κ1) is 20.8. The first-order valence-electron chi connectivity index (χ1n) is 11.0. The lowest BCUT2D eigenvalue weighted by atomic mass is 10.0. The van der Waals surface area contributed by atoms with Gasteiger partial charge in [-0.25, -0.2) is 15.0 Å². The van der Waals surface area contributed by atoms with Gasteiger partial charge in [-0.05, 0) is 51.1 Å². The van der Waals surface area contributed by atoms with E-state index in [0.29, 0.717) is 39.5 Å². The van der Waals surface area contributed by atoms with Crippen LogP contribution in [0.1, 0.15) is 27.6 Å². The van der Waals surface area contributed by atoms with Crippen LogP contribution in [0.4, 0.5) is 5.69 Å². The number of nitrogens with zero attached hydrogens (tertiary/aromatic N) is 5. The molecular formula is C26H20N6O3. The molecule has 0 radical (unpaired) electrons. The minimum atomic E-state index is -0.285. The highest BCUT2D eigenvalue weighted by Crippen LogP contribution is 2.31. The number of rotatable bonds is 4. The van der Waals surface area contributed by atoms with Crippen LogP contribution in [0.25, 0.3) is 39.4 Å². The number of hydrogen-bond donors (Lipinski definition) is 1. The highest BCUT2D eigenvalue weighted by atomic mass is 16.5. The van der Waals surface area contributed by atoms with E-state index in [1.165, 1.54) is 0 Å². The summed E-state index contributed by atoms with van der Waals surface area (Å²) in [6.07, 6.45) is 5.52. The highest BCUT2D eigenvalue weighted by Gasteiger charge is 2.21. The predicted molar refractivity (Wildman–Crippen MR) is 130 cm³/mol. The Hall–Kier alpha value is -4.79. The SMILES string of the molecule is Cc1cc(-c2cc(C(=O)Nc3ccc(-c4cn5cccnc5n4)cc3)c3c(C)noc3n2)c(C)o1. The fraction of sp³-hybridized carbons (Fsp3) is 0.115. The fourth-order valence-corrected chi connectivity index (χ4v) is 4.19. The second kappa shape index (κ2) is 7.91. The molecule has 1 aromatic carbocycles. The van der Waals surface area contributed by atoms with E-state index in [2.05, 4.69) is 25.4 Å². The molecule has 0 bridgehead atoms. The van der Waals surface area contributed by atoms with Crippen molar-refractivity contribution in [3.63, 3.8) is 0 Å². The van der Waals surface area contributed by atoms with Gasteiger partial charge in [-0.2, -0.15) is 0 Å². The maximum Gasteiger partial charge on any atom is 0.259 e. The number of hydrogen-bond acceptors (Lipinski definition) is 7. The largest absolute Gasteiger partial charge is 0.466 e. The number of aromatic nitrogens is 5. The summed E-state index contributed by atoms with van der Waals surface area (Å²) in [4.78, 5) is 26.7. The first-order chi connectivity index (χ1) is 17.0. The number of pyridine rings is 1. The molecule has 0 saturated carbocycles. The van der Waals surface area contributed by atoms with E-state index >= 15 is 0 Å². The van der Waals surface area contributed by atoms with Gasteiger partial charge in [-0.1, -0.05) is 17.3 Å². The highest BCUT2D eigenvalue weighted by molar-refractivity contribution is 6.13. The molecule has 5 heterocycles. The van der Waals surface area contributed by atoms with Crippen molar-refractivity contribution in [3.8, 4) is 22.5 Å². The lowest BCUT2D eigenvalue weighted by Gasteiger charge is -2.08. The molecular weight excluding hydrogens is 444 g/mol. The Morgan fingerprint density at radius 2 is 1.86 bits per heavy atom. The molecule has 172 valence electrons. The lowest BCUT2D eigenvalue weighted by Crippen LogP contribution is -2.13. The molecule has 6 aromatic rings. The summed E-state index contributed by atoms with van der Waals surface area (Å²) in [6, 6.07) is 13.0. The number of imidazole rings is 1. The van der Waals surface area contributed by atoms with E-state index in [4.69, 9.17) is 8.94 Å². The molecule has 0 atom stereocenters. The van der Waals surface area contributed by atoms with Crippen LogP contribution in [-0.4, -0.2) is 30.4 Å². The third-order valence-corrected chi connectivity index (χ3v) is 5.85. The van der Waals surface area contributed by atoms with E-state index in [-0.39, 0.29) is 5.91 Å². The van der Waals surface area contributed by atoms with Crippen LogP contribution in [0.15, 0.2) is 70.0 Å². The molecule has 0 aliphatic rings. The summed E-state index contributed by atoms with van der Waals surface area (Å²) in [5.41, 5.74) is 5.09. The summed E-state index contributed by atoms with van der Waals surface area (Å²) in [5, 5.41) is 7.57. The second-order valence-electron chi connectivity index (χ2n) is 8.31. The molecule has 0 fully saturated rings. The quantitative estimate of drug-likeness (QED) is 0.373. The molecule has 0 spiro atoms. The molecule has 6 rings (SSSR count). The molecule has 0 aliphatic carbocycles. The number of carbonyl (C=O) groups excluding carboxylic acids is 1. The van der Waals surface area contributed by atoms with Crippen LogP contribution in [-0.2, 0) is 0 Å². The van der Waals surface area contributed by atoms with Gasteiger partial charge >= 0.3 is 0 Å². The van der Waals surface area contributed by atoms with Gasteiger partial charge in [0.1, 0.15) is 11.5 Å². The summed E-state index contributed by atoms with van der Waals surface area (Å²) < 4.78 is 12.9. The van der Waals surface area contributed by atoms with Crippen molar-refractivity contribution in [1.29, 1.82) is 0 Å². The lowest BCUT2D eigenvalue weighted by molar-refractivity contribution is 0.102. The smallest absolute Gasteiger partial charge is 0.259 e. The van der Waals surface area contributed by atoms with Crippen molar-refractivity contribution in [2.45, 2.75) is 20.8 Å². The zero-order valence-electron chi connectivity index (χ0n) is 19.2. The van der Waals surface area contributed by atoms with Gasteiger partial charge < -0.3 is 14.3 Å². The van der Waals surface area contributed by atoms with Crippen LogP contribution in [0.2, 0.25) is 0 Å². The Kier molecular flexibility index (Phi) is 4.70. The van der Waals surface area contributed by atoms with E-state index in [0.717, 1.165) is 28.3 Å². The van der Waals surface area contributed by atoms with Crippen LogP contribution >= 0.6 is 0 Å². The normalized spacial score (nSPS) is 11.4. The topological polar surface area (TPSA) is 111 Å². The maximum atomic E-state index is 13.4. The molecule has 0 saturated heterocycles. The average Bonchev–Trinajstić information content (AvgIpc) is 3.55. The minimum absolute atomic E-state index is 0.285. The third kappa shape index (κ3) is 3.63. The Morgan fingerprint density at radius 3 is 2.60 bits per heavy atom. The Balaban J connectivity index is 1.33. The summed E-state index contributed by atoms with van der Waals surface area (Å²) >= 11 is 0. The van der Waals surface area contributed by atoms with Crippen molar-refractivity contribution in [1.82, 2.24) is 24.5 Å². The summed E-state index contributed by atoms with van der Waals surface area (Å²) in [6.45, 7) is 5.52. The molecule has 9 nitrogen and oxygen atoms in total. The van der Waals surface area contributed by atoms with Crippen LogP contribution in [0.3, 0.4) is 0 Å². The standard InChI is InChI=1S/C26H20N6O3/c1-14-11-19(16(3)34-14)21-12-20(23-15(2)31-35-25(23)29-21)24(33)28-18-7-5-17(6-8-18)22-13-32-10-4-9-27-26(32)30-22/h4-13H,1-3H3,(H,28,33). The van der Waals surface area contributed by atoms with E-state index in [9.17, 15) is 4.79 Å². The van der Waals surface area contributed by atoms with Crippen molar-refractivity contribution in [3.05, 3.63) is 83.8 Å². The number of carbonyl (C=O) groups is 1. The Bertz CT molecular complexity index is 1690. The number of anilines is 1. The van der Waals surface area contributed by atoms with Gasteiger partial charge in [0.2, 0.25) is 5.78 Å². The van der Waals surface area contributed by atoms with E-state index in [1.807, 2.05) is 67.0 Å². The fourth-order valence-electron chi connectivity index (χ4n) is 4.19. The van der Waals surface area contributed by atoms with Gasteiger partial charge in [-0.15, -0.1) is 0 Å². The predicted octanol–water partition coefficient (Wildman–Crippen LogP) is 5.37. The Morgan fingerprint density at radius 1 is 1.03 bits per heavy atom. The maximum absolute atomic E-state index is 13.4. The third-order valence-electron chi connectivity index (χ3n) is 5.85. The summed E-state index contributed by atoms with van der Waals surface area (Å²) in [5.74, 6) is 1.83. The molecule has 1 N–H and O–H groups in total. The van der Waals surface area contributed by atoms with Gasteiger partial charge in [-0.3, -0.25) is 9.20 Å². The molecule has 0 aliphatic heterocycles. The molecule has 5 aromatic heterocycles. The van der Waals surface area contributed by atoms with Crippen molar-refractivity contribution in [2.75, 3.05) is 5.32 Å². The zero-order valence-corrected chi connectivity index (χ0v) is 19.2. The molecule has 1 amide bonds. The van der Waals surface area contributed by atoms with Crippen LogP contribution in [0.5, 0.6) is 0 Å². The average molecular weight is 464 g/mol. The molecule has 9 heteroatoms. The van der Waals surface area contributed by atoms with Gasteiger partial charge in [0, 0.05) is 35.4 Å².